The Bertz CT molecular complexity index is 1070. The summed E-state index contributed by atoms with van der Waals surface area (Å²) in [5, 5.41) is 0. The average molecular weight is 445 g/mol. The van der Waals surface area contributed by atoms with Crippen molar-refractivity contribution >= 4 is 23.6 Å². The molecule has 4 amide bonds. The highest BCUT2D eigenvalue weighted by Gasteiger charge is 2.39. The van der Waals surface area contributed by atoms with Gasteiger partial charge in [-0.2, -0.15) is 13.2 Å². The van der Waals surface area contributed by atoms with Crippen molar-refractivity contribution in [1.29, 1.82) is 0 Å². The van der Waals surface area contributed by atoms with Gasteiger partial charge in [0.2, 0.25) is 5.91 Å². The van der Waals surface area contributed by atoms with E-state index >= 15 is 0 Å². The Morgan fingerprint density at radius 2 is 1.28 bits per heavy atom. The number of imide groups is 1. The number of rotatable bonds is 3. The first-order valence-corrected chi connectivity index (χ1v) is 9.87. The highest BCUT2D eigenvalue weighted by molar-refractivity contribution is 6.22. The van der Waals surface area contributed by atoms with E-state index < -0.39 is 47.5 Å². The number of carbonyl (C=O) groups excluding carboxylic acids is 4. The van der Waals surface area contributed by atoms with Crippen LogP contribution >= 0.6 is 0 Å². The SMILES string of the molecule is O=C(CN1C(=O)c2ccccc2C1=O)N1CCN(C(=O)c2ccccc2C(F)(F)F)CC1. The molecule has 0 N–H and O–H groups in total. The topological polar surface area (TPSA) is 78.0 Å². The standard InChI is InChI=1S/C22H18F3N3O4/c23-22(24,25)17-8-4-3-7-16(17)19(30)27-11-9-26(10-12-27)18(29)13-28-20(31)14-5-1-2-6-15(14)21(28)32/h1-8H,9-13H2. The lowest BCUT2D eigenvalue weighted by molar-refractivity contribution is -0.138. The average Bonchev–Trinajstić information content (AvgIpc) is 3.03. The van der Waals surface area contributed by atoms with E-state index in [2.05, 4.69) is 0 Å². The van der Waals surface area contributed by atoms with E-state index in [0.29, 0.717) is 0 Å². The largest absolute Gasteiger partial charge is 0.417 e. The summed E-state index contributed by atoms with van der Waals surface area (Å²) >= 11 is 0. The van der Waals surface area contributed by atoms with Crippen LogP contribution in [0.3, 0.4) is 0 Å². The third-order valence-electron chi connectivity index (χ3n) is 5.55. The van der Waals surface area contributed by atoms with Gasteiger partial charge >= 0.3 is 6.18 Å². The van der Waals surface area contributed by atoms with Gasteiger partial charge in [-0.25, -0.2) is 0 Å². The molecule has 10 heteroatoms. The smallest absolute Gasteiger partial charge is 0.338 e. The van der Waals surface area contributed by atoms with Gasteiger partial charge in [0.05, 0.1) is 22.3 Å². The molecule has 0 saturated carbocycles. The van der Waals surface area contributed by atoms with E-state index in [0.717, 1.165) is 17.0 Å². The first kappa shape index (κ1) is 21.5. The van der Waals surface area contributed by atoms with Crippen molar-refractivity contribution in [3.05, 3.63) is 70.8 Å². The Morgan fingerprint density at radius 1 is 0.781 bits per heavy atom. The highest BCUT2D eigenvalue weighted by atomic mass is 19.4. The van der Waals surface area contributed by atoms with Crippen LogP contribution in [0.15, 0.2) is 48.5 Å². The summed E-state index contributed by atoms with van der Waals surface area (Å²) in [6.45, 7) is -0.182. The molecule has 0 bridgehead atoms. The van der Waals surface area contributed by atoms with Crippen LogP contribution < -0.4 is 0 Å². The Kier molecular flexibility index (Phi) is 5.45. The van der Waals surface area contributed by atoms with Gasteiger partial charge in [0, 0.05) is 26.2 Å². The molecule has 0 atom stereocenters. The molecule has 4 rings (SSSR count). The zero-order valence-electron chi connectivity index (χ0n) is 16.8. The minimum atomic E-state index is -4.66. The predicted octanol–water partition coefficient (Wildman–Crippen LogP) is 2.29. The Hall–Kier alpha value is -3.69. The summed E-state index contributed by atoms with van der Waals surface area (Å²) in [5.41, 5.74) is -0.965. The molecule has 0 unspecified atom stereocenters. The summed E-state index contributed by atoms with van der Waals surface area (Å²) in [4.78, 5) is 53.7. The predicted molar refractivity (Wildman–Crippen MR) is 106 cm³/mol. The van der Waals surface area contributed by atoms with Crippen LogP contribution in [0.5, 0.6) is 0 Å². The lowest BCUT2D eigenvalue weighted by Crippen LogP contribution is -2.53. The number of carbonyl (C=O) groups is 4. The first-order chi connectivity index (χ1) is 15.2. The number of piperazine rings is 1. The van der Waals surface area contributed by atoms with Gasteiger partial charge in [-0.05, 0) is 24.3 Å². The Balaban J connectivity index is 1.39. The molecule has 2 aromatic carbocycles. The maximum absolute atomic E-state index is 13.2. The highest BCUT2D eigenvalue weighted by Crippen LogP contribution is 2.32. The number of alkyl halides is 3. The molecule has 32 heavy (non-hydrogen) atoms. The monoisotopic (exact) mass is 445 g/mol. The molecule has 166 valence electrons. The molecular formula is C22H18F3N3O4. The zero-order chi connectivity index (χ0) is 23.0. The van der Waals surface area contributed by atoms with Crippen molar-refractivity contribution in [1.82, 2.24) is 14.7 Å². The van der Waals surface area contributed by atoms with Crippen molar-refractivity contribution in [2.45, 2.75) is 6.18 Å². The zero-order valence-corrected chi connectivity index (χ0v) is 16.8. The van der Waals surface area contributed by atoms with E-state index in [1.807, 2.05) is 0 Å². The van der Waals surface area contributed by atoms with Crippen molar-refractivity contribution in [2.24, 2.45) is 0 Å². The maximum Gasteiger partial charge on any atom is 0.417 e. The van der Waals surface area contributed by atoms with Crippen molar-refractivity contribution < 1.29 is 32.3 Å². The second-order valence-electron chi connectivity index (χ2n) is 7.46. The third-order valence-corrected chi connectivity index (χ3v) is 5.55. The fraction of sp³-hybridized carbons (Fsp3) is 0.273. The number of hydrogen-bond donors (Lipinski definition) is 0. The van der Waals surface area contributed by atoms with Gasteiger partial charge in [0.15, 0.2) is 0 Å². The summed E-state index contributed by atoms with van der Waals surface area (Å²) < 4.78 is 39.6. The number of nitrogens with zero attached hydrogens (tertiary/aromatic N) is 3. The fourth-order valence-electron chi connectivity index (χ4n) is 3.86. The van der Waals surface area contributed by atoms with Crippen LogP contribution in [-0.2, 0) is 11.0 Å². The van der Waals surface area contributed by atoms with Crippen LogP contribution in [0, 0.1) is 0 Å². The normalized spacial score (nSPS) is 16.4. The van der Waals surface area contributed by atoms with Crippen molar-refractivity contribution in [2.75, 3.05) is 32.7 Å². The molecule has 1 fully saturated rings. The summed E-state index contributed by atoms with van der Waals surface area (Å²) in [5.74, 6) is -2.32. The van der Waals surface area contributed by atoms with E-state index in [1.165, 1.54) is 34.1 Å². The molecular weight excluding hydrogens is 427 g/mol. The molecule has 7 nitrogen and oxygen atoms in total. The minimum absolute atomic E-state index is 0.0406. The van der Waals surface area contributed by atoms with E-state index in [4.69, 9.17) is 0 Å². The van der Waals surface area contributed by atoms with E-state index in [1.54, 1.807) is 12.1 Å². The number of fused-ring (bicyclic) bond motifs is 1. The molecule has 0 aromatic heterocycles. The molecule has 1 saturated heterocycles. The number of halogens is 3. The molecule has 0 spiro atoms. The van der Waals surface area contributed by atoms with Crippen LogP contribution in [-0.4, -0.2) is 71.1 Å². The summed E-state index contributed by atoms with van der Waals surface area (Å²) in [7, 11) is 0. The molecule has 0 radical (unpaired) electrons. The Labute approximate surface area is 181 Å². The van der Waals surface area contributed by atoms with Gasteiger partial charge in [-0.1, -0.05) is 24.3 Å². The van der Waals surface area contributed by atoms with Gasteiger partial charge in [0.25, 0.3) is 17.7 Å². The maximum atomic E-state index is 13.2. The molecule has 2 aromatic rings. The van der Waals surface area contributed by atoms with Gasteiger partial charge in [-0.15, -0.1) is 0 Å². The van der Waals surface area contributed by atoms with Crippen LogP contribution in [0.1, 0.15) is 36.6 Å². The van der Waals surface area contributed by atoms with Crippen molar-refractivity contribution in [3.63, 3.8) is 0 Å². The molecule has 0 aliphatic carbocycles. The Morgan fingerprint density at radius 3 is 1.84 bits per heavy atom. The molecule has 2 aliphatic heterocycles. The second-order valence-corrected chi connectivity index (χ2v) is 7.46. The quantitative estimate of drug-likeness (QED) is 0.680. The summed E-state index contributed by atoms with van der Waals surface area (Å²) in [6, 6.07) is 10.9. The van der Waals surface area contributed by atoms with Crippen LogP contribution in [0.2, 0.25) is 0 Å². The number of hydrogen-bond acceptors (Lipinski definition) is 4. The fourth-order valence-corrected chi connectivity index (χ4v) is 3.86. The van der Waals surface area contributed by atoms with Crippen LogP contribution in [0.25, 0.3) is 0 Å². The number of benzene rings is 2. The lowest BCUT2D eigenvalue weighted by Gasteiger charge is -2.35. The number of amides is 4. The van der Waals surface area contributed by atoms with Gasteiger partial charge in [-0.3, -0.25) is 24.1 Å². The summed E-state index contributed by atoms with van der Waals surface area (Å²) in [6.07, 6.45) is -4.66. The van der Waals surface area contributed by atoms with Crippen LogP contribution in [0.4, 0.5) is 13.2 Å². The van der Waals surface area contributed by atoms with Gasteiger partial charge in [0.1, 0.15) is 6.54 Å². The minimum Gasteiger partial charge on any atom is -0.338 e. The molecule has 2 heterocycles. The lowest BCUT2D eigenvalue weighted by atomic mass is 10.1. The first-order valence-electron chi connectivity index (χ1n) is 9.87. The third kappa shape index (κ3) is 3.83. The van der Waals surface area contributed by atoms with Crippen molar-refractivity contribution in [3.8, 4) is 0 Å². The van der Waals surface area contributed by atoms with E-state index in [-0.39, 0.29) is 37.3 Å². The van der Waals surface area contributed by atoms with Gasteiger partial charge < -0.3 is 9.80 Å². The van der Waals surface area contributed by atoms with E-state index in [9.17, 15) is 32.3 Å². The molecule has 2 aliphatic rings. The second kappa shape index (κ2) is 8.10.